The third kappa shape index (κ3) is 5.00. The number of nitrogens with zero attached hydrogens (tertiary/aromatic N) is 3. The fourth-order valence-corrected chi connectivity index (χ4v) is 8.72. The molecule has 0 spiro atoms. The molecule has 3 aromatic heterocycles. The molecule has 12 aromatic rings. The Morgan fingerprint density at radius 3 is 1.31 bits per heavy atom. The van der Waals surface area contributed by atoms with Crippen LogP contribution in [0.3, 0.4) is 0 Å². The van der Waals surface area contributed by atoms with Gasteiger partial charge in [-0.3, -0.25) is 0 Å². The lowest BCUT2D eigenvalue weighted by molar-refractivity contribution is 0.669. The predicted molar refractivity (Wildman–Crippen MR) is 237 cm³/mol. The fraction of sp³-hybridized carbons (Fsp3) is 0. The Balaban J connectivity index is 1.21. The van der Waals surface area contributed by atoms with Crippen LogP contribution in [-0.2, 0) is 0 Å². The van der Waals surface area contributed by atoms with Crippen LogP contribution < -0.4 is 0 Å². The van der Waals surface area contributed by atoms with Gasteiger partial charge in [-0.25, -0.2) is 15.0 Å². The monoisotopic (exact) mass is 741 g/mol. The second-order valence-corrected chi connectivity index (χ2v) is 14.7. The van der Waals surface area contributed by atoms with Crippen LogP contribution in [0.1, 0.15) is 0 Å². The Kier molecular flexibility index (Phi) is 7.16. The summed E-state index contributed by atoms with van der Waals surface area (Å²) in [5.74, 6) is 1.58. The smallest absolute Gasteiger partial charge is 0.167 e. The van der Waals surface area contributed by atoms with E-state index >= 15 is 0 Å². The average molecular weight is 742 g/mol. The third-order valence-corrected chi connectivity index (χ3v) is 11.4. The molecule has 3 heterocycles. The van der Waals surface area contributed by atoms with Gasteiger partial charge in [0.25, 0.3) is 0 Å². The highest BCUT2D eigenvalue weighted by Crippen LogP contribution is 2.46. The normalized spacial score (nSPS) is 11.8. The highest BCUT2D eigenvalue weighted by Gasteiger charge is 2.24. The zero-order valence-corrected chi connectivity index (χ0v) is 31.1. The van der Waals surface area contributed by atoms with E-state index in [9.17, 15) is 0 Å². The van der Waals surface area contributed by atoms with Gasteiger partial charge in [0.05, 0.1) is 11.1 Å². The largest absolute Gasteiger partial charge is 0.455 e. The molecule has 0 atom stereocenters. The van der Waals surface area contributed by atoms with Crippen LogP contribution in [-0.4, -0.2) is 15.0 Å². The number of hydrogen-bond acceptors (Lipinski definition) is 5. The number of benzene rings is 9. The van der Waals surface area contributed by atoms with Crippen molar-refractivity contribution in [2.24, 2.45) is 0 Å². The van der Waals surface area contributed by atoms with Gasteiger partial charge in [0, 0.05) is 27.1 Å². The van der Waals surface area contributed by atoms with Crippen molar-refractivity contribution in [2.75, 3.05) is 0 Å². The predicted octanol–water partition coefficient (Wildman–Crippen LogP) is 14.3. The van der Waals surface area contributed by atoms with E-state index in [-0.39, 0.29) is 0 Å². The van der Waals surface area contributed by atoms with Crippen molar-refractivity contribution >= 4 is 65.4 Å². The van der Waals surface area contributed by atoms with Gasteiger partial charge in [-0.15, -0.1) is 0 Å². The molecule has 58 heavy (non-hydrogen) atoms. The number of para-hydroxylation sites is 4. The van der Waals surface area contributed by atoms with Gasteiger partial charge in [0.15, 0.2) is 17.5 Å². The summed E-state index contributed by atoms with van der Waals surface area (Å²) in [5.41, 5.74) is 9.98. The van der Waals surface area contributed by atoms with Gasteiger partial charge < -0.3 is 8.83 Å². The van der Waals surface area contributed by atoms with E-state index in [4.69, 9.17) is 23.8 Å². The molecule has 0 N–H and O–H groups in total. The van der Waals surface area contributed by atoms with Crippen LogP contribution in [0, 0.1) is 0 Å². The SMILES string of the molecule is c1ccc(-c2ccc3ccccc3c2-c2ccc3ccccc3c2-c2nc(-c3cccc4c3oc3ccccc34)nc(-c3cccc4c3oc3ccccc34)n2)cc1. The molecule has 270 valence electrons. The van der Waals surface area contributed by atoms with Crippen molar-refractivity contribution < 1.29 is 8.83 Å². The Morgan fingerprint density at radius 1 is 0.276 bits per heavy atom. The van der Waals surface area contributed by atoms with E-state index in [1.54, 1.807) is 0 Å². The molecule has 9 aromatic carbocycles. The number of hydrogen-bond donors (Lipinski definition) is 0. The van der Waals surface area contributed by atoms with E-state index in [1.165, 1.54) is 0 Å². The lowest BCUT2D eigenvalue weighted by atomic mass is 9.85. The topological polar surface area (TPSA) is 65.0 Å². The maximum atomic E-state index is 6.60. The van der Waals surface area contributed by atoms with Gasteiger partial charge >= 0.3 is 0 Å². The summed E-state index contributed by atoms with van der Waals surface area (Å²) in [4.78, 5) is 16.2. The van der Waals surface area contributed by atoms with Crippen LogP contribution in [0.15, 0.2) is 197 Å². The summed E-state index contributed by atoms with van der Waals surface area (Å²) in [6, 6.07) is 65.2. The molecule has 0 bridgehead atoms. The van der Waals surface area contributed by atoms with Crippen LogP contribution in [0.2, 0.25) is 0 Å². The van der Waals surface area contributed by atoms with E-state index in [1.807, 2.05) is 60.7 Å². The molecule has 0 saturated heterocycles. The van der Waals surface area contributed by atoms with E-state index in [2.05, 4.69) is 127 Å². The number of fused-ring (bicyclic) bond motifs is 8. The van der Waals surface area contributed by atoms with Crippen molar-refractivity contribution in [1.29, 1.82) is 0 Å². The highest BCUT2D eigenvalue weighted by atomic mass is 16.3. The molecule has 0 fully saturated rings. The first-order valence-corrected chi connectivity index (χ1v) is 19.4. The zero-order chi connectivity index (χ0) is 38.2. The molecule has 5 heteroatoms. The first-order valence-electron chi connectivity index (χ1n) is 19.4. The lowest BCUT2D eigenvalue weighted by Gasteiger charge is -2.19. The standard InChI is InChI=1S/C53H31N3O2/c1-2-14-32(15-3-1)37-30-28-33-16-4-6-18-35(33)47(37)42-31-29-34-17-5-7-19-36(34)48(42)53-55-51(43-24-12-22-40-38-20-8-10-26-45(38)57-49(40)43)54-52(56-53)44-25-13-23-41-39-21-9-11-27-46(39)58-50(41)44/h1-31H. The summed E-state index contributed by atoms with van der Waals surface area (Å²) < 4.78 is 13.2. The molecule has 0 amide bonds. The van der Waals surface area contributed by atoms with E-state index < -0.39 is 0 Å². The van der Waals surface area contributed by atoms with Crippen molar-refractivity contribution in [3.8, 4) is 56.4 Å². The second kappa shape index (κ2) is 12.8. The summed E-state index contributed by atoms with van der Waals surface area (Å²) >= 11 is 0. The summed E-state index contributed by atoms with van der Waals surface area (Å²) in [7, 11) is 0. The number of furan rings is 2. The number of aromatic nitrogens is 3. The molecule has 0 saturated carbocycles. The Labute approximate surface area is 332 Å². The minimum absolute atomic E-state index is 0.512. The summed E-state index contributed by atoms with van der Waals surface area (Å²) in [6.07, 6.45) is 0. The Hall–Kier alpha value is -7.89. The molecule has 0 unspecified atom stereocenters. The molecular formula is C53H31N3O2. The van der Waals surface area contributed by atoms with Crippen LogP contribution >= 0.6 is 0 Å². The first-order chi connectivity index (χ1) is 28.8. The quantitative estimate of drug-likeness (QED) is 0.176. The minimum atomic E-state index is 0.512. The van der Waals surface area contributed by atoms with Gasteiger partial charge in [-0.2, -0.15) is 0 Å². The van der Waals surface area contributed by atoms with Gasteiger partial charge in [-0.05, 0) is 68.1 Å². The van der Waals surface area contributed by atoms with Crippen molar-refractivity contribution in [1.82, 2.24) is 15.0 Å². The molecule has 0 aliphatic carbocycles. The minimum Gasteiger partial charge on any atom is -0.455 e. The van der Waals surface area contributed by atoms with Crippen molar-refractivity contribution in [3.05, 3.63) is 188 Å². The third-order valence-electron chi connectivity index (χ3n) is 11.4. The maximum Gasteiger partial charge on any atom is 0.167 e. The Morgan fingerprint density at radius 2 is 0.724 bits per heavy atom. The van der Waals surface area contributed by atoms with Crippen molar-refractivity contribution in [3.63, 3.8) is 0 Å². The lowest BCUT2D eigenvalue weighted by Crippen LogP contribution is -2.02. The fourth-order valence-electron chi connectivity index (χ4n) is 8.72. The van der Waals surface area contributed by atoms with E-state index in [0.717, 1.165) is 104 Å². The molecule has 5 nitrogen and oxygen atoms in total. The second-order valence-electron chi connectivity index (χ2n) is 14.7. The van der Waals surface area contributed by atoms with Crippen molar-refractivity contribution in [2.45, 2.75) is 0 Å². The maximum absolute atomic E-state index is 6.60. The number of rotatable bonds is 5. The highest BCUT2D eigenvalue weighted by molar-refractivity contribution is 6.13. The first kappa shape index (κ1) is 32.4. The van der Waals surface area contributed by atoms with Gasteiger partial charge in [-0.1, -0.05) is 164 Å². The molecule has 0 radical (unpaired) electrons. The summed E-state index contributed by atoms with van der Waals surface area (Å²) in [5, 5.41) is 8.53. The van der Waals surface area contributed by atoms with Crippen LogP contribution in [0.25, 0.3) is 122 Å². The molecule has 12 rings (SSSR count). The molecule has 0 aliphatic rings. The average Bonchev–Trinajstić information content (AvgIpc) is 3.87. The Bertz CT molecular complexity index is 3450. The zero-order valence-electron chi connectivity index (χ0n) is 31.1. The van der Waals surface area contributed by atoms with Crippen LogP contribution in [0.5, 0.6) is 0 Å². The molecule has 0 aliphatic heterocycles. The van der Waals surface area contributed by atoms with E-state index in [0.29, 0.717) is 17.5 Å². The van der Waals surface area contributed by atoms with Gasteiger partial charge in [0.1, 0.15) is 22.3 Å². The molecular weight excluding hydrogens is 711 g/mol. The van der Waals surface area contributed by atoms with Gasteiger partial charge in [0.2, 0.25) is 0 Å². The van der Waals surface area contributed by atoms with Crippen LogP contribution in [0.4, 0.5) is 0 Å². The summed E-state index contributed by atoms with van der Waals surface area (Å²) in [6.45, 7) is 0.